The average Bonchev–Trinajstić information content (AvgIpc) is 3.01. The maximum atomic E-state index is 12.8. The van der Waals surface area contributed by atoms with Crippen molar-refractivity contribution in [2.45, 2.75) is 37.8 Å². The van der Waals surface area contributed by atoms with E-state index in [0.717, 1.165) is 10.1 Å². The monoisotopic (exact) mass is 431 g/mol. The first-order valence-corrected chi connectivity index (χ1v) is 9.73. The van der Waals surface area contributed by atoms with Gasteiger partial charge in [0.25, 0.3) is 21.9 Å². The molecule has 29 heavy (non-hydrogen) atoms. The van der Waals surface area contributed by atoms with E-state index < -0.39 is 52.4 Å². The van der Waals surface area contributed by atoms with Crippen molar-refractivity contribution < 1.29 is 31.1 Å². The van der Waals surface area contributed by atoms with Crippen LogP contribution in [0.15, 0.2) is 41.4 Å². The molecule has 1 aromatic heterocycles. The Balaban J connectivity index is 2.13. The van der Waals surface area contributed by atoms with Crippen LogP contribution in [0.2, 0.25) is 0 Å². The van der Waals surface area contributed by atoms with Gasteiger partial charge >= 0.3 is 5.82 Å². The number of nitro groups is 1. The number of carbonyl (C=O) groups is 1. The number of nitrogens with one attached hydrogen (secondary N) is 1. The highest BCUT2D eigenvalue weighted by Gasteiger charge is 2.26. The minimum absolute atomic E-state index is 0.0840. The zero-order chi connectivity index (χ0) is 21.8. The van der Waals surface area contributed by atoms with Crippen LogP contribution in [0, 0.1) is 17.0 Å². The normalized spacial score (nSPS) is 12.0. The first-order valence-electron chi connectivity index (χ1n) is 8.32. The molecule has 9 nitrogen and oxygen atoms in total. The number of amides is 1. The molecule has 12 heteroatoms. The molecule has 0 saturated heterocycles. The molecule has 0 unspecified atom stereocenters. The molecule has 1 N–H and O–H groups in total. The van der Waals surface area contributed by atoms with Crippen molar-refractivity contribution in [1.82, 2.24) is 9.88 Å². The van der Waals surface area contributed by atoms with Crippen molar-refractivity contribution in [3.8, 4) is 0 Å². The van der Waals surface area contributed by atoms with Crippen molar-refractivity contribution in [2.24, 2.45) is 0 Å². The summed E-state index contributed by atoms with van der Waals surface area (Å²) in [5.41, 5.74) is 0.759. The summed E-state index contributed by atoms with van der Waals surface area (Å²) in [4.78, 5) is 22.2. The Labute approximate surface area is 165 Å². The van der Waals surface area contributed by atoms with Crippen LogP contribution >= 0.6 is 0 Å². The third-order valence-electron chi connectivity index (χ3n) is 3.78. The second-order valence-electron chi connectivity index (χ2n) is 6.43. The van der Waals surface area contributed by atoms with Crippen LogP contribution in [0.3, 0.4) is 0 Å². The van der Waals surface area contributed by atoms with Crippen LogP contribution in [0.4, 0.5) is 14.6 Å². The van der Waals surface area contributed by atoms with Crippen molar-refractivity contribution in [3.05, 3.63) is 57.8 Å². The van der Waals surface area contributed by atoms with Gasteiger partial charge in [0.05, 0.1) is 29.8 Å². The van der Waals surface area contributed by atoms with E-state index in [0.29, 0.717) is 6.92 Å². The van der Waals surface area contributed by atoms with Gasteiger partial charge in [-0.05, 0) is 30.0 Å². The van der Waals surface area contributed by atoms with Crippen LogP contribution in [-0.2, 0) is 32.2 Å². The molecule has 2 aromatic rings. The molecule has 1 amide bonds. The van der Waals surface area contributed by atoms with Gasteiger partial charge in [-0.3, -0.25) is 8.98 Å². The second kappa shape index (κ2) is 8.66. The first kappa shape index (κ1) is 22.4. The van der Waals surface area contributed by atoms with Crippen molar-refractivity contribution in [2.75, 3.05) is 6.54 Å². The molecule has 1 heterocycles. The predicted octanol–water partition coefficient (Wildman–Crippen LogP) is 2.38. The number of aryl methyl sites for hydroxylation is 1. The number of benzene rings is 1. The summed E-state index contributed by atoms with van der Waals surface area (Å²) in [6.07, 6.45) is 1.18. The molecular formula is C17H19F2N3O6S. The summed E-state index contributed by atoms with van der Waals surface area (Å²) in [5.74, 6) is -4.55. The quantitative estimate of drug-likeness (QED) is 0.370. The van der Waals surface area contributed by atoms with Crippen LogP contribution in [0.5, 0.6) is 0 Å². The van der Waals surface area contributed by atoms with Crippen LogP contribution in [0.25, 0.3) is 0 Å². The number of hydrogen-bond donors (Lipinski definition) is 1. The lowest BCUT2D eigenvalue weighted by Gasteiger charge is -2.11. The summed E-state index contributed by atoms with van der Waals surface area (Å²) >= 11 is 0. The van der Waals surface area contributed by atoms with Gasteiger partial charge in [0.2, 0.25) is 0 Å². The Morgan fingerprint density at radius 1 is 1.28 bits per heavy atom. The molecule has 0 atom stereocenters. The number of alkyl halides is 2. The molecule has 158 valence electrons. The maximum Gasteiger partial charge on any atom is 0.329 e. The van der Waals surface area contributed by atoms with E-state index in [9.17, 15) is 32.1 Å². The highest BCUT2D eigenvalue weighted by Crippen LogP contribution is 2.23. The Morgan fingerprint density at radius 2 is 1.90 bits per heavy atom. The minimum atomic E-state index is -4.15. The molecule has 1 aromatic carbocycles. The topological polar surface area (TPSA) is 121 Å². The van der Waals surface area contributed by atoms with Gasteiger partial charge in [0.15, 0.2) is 6.54 Å². The molecule has 0 bridgehead atoms. The Kier molecular flexibility index (Phi) is 6.69. The fourth-order valence-corrected chi connectivity index (χ4v) is 3.24. The van der Waals surface area contributed by atoms with Gasteiger partial charge in [-0.1, -0.05) is 17.7 Å². The first-order chi connectivity index (χ1) is 13.4. The third-order valence-corrected chi connectivity index (χ3v) is 5.05. The molecule has 0 radical (unpaired) electrons. The number of aromatic nitrogens is 1. The highest BCUT2D eigenvalue weighted by atomic mass is 32.2. The van der Waals surface area contributed by atoms with E-state index in [-0.39, 0.29) is 10.5 Å². The number of rotatable bonds is 9. The molecule has 0 aliphatic carbocycles. The molecule has 2 rings (SSSR count). The Hall–Kier alpha value is -2.86. The average molecular weight is 431 g/mol. The largest absolute Gasteiger partial charge is 0.358 e. The number of hydrogen-bond acceptors (Lipinski definition) is 6. The Bertz CT molecular complexity index is 997. The third kappa shape index (κ3) is 6.32. The van der Waals surface area contributed by atoms with Crippen LogP contribution < -0.4 is 5.32 Å². The molecule has 0 spiro atoms. The smallest absolute Gasteiger partial charge is 0.329 e. The van der Waals surface area contributed by atoms with E-state index in [1.54, 1.807) is 19.1 Å². The predicted molar refractivity (Wildman–Crippen MR) is 97.9 cm³/mol. The van der Waals surface area contributed by atoms with Crippen LogP contribution in [0.1, 0.15) is 18.1 Å². The van der Waals surface area contributed by atoms with Crippen molar-refractivity contribution in [1.29, 1.82) is 0 Å². The SMILES string of the molecule is Cc1ccc(S(=O)(=O)OCc2ccn(CC(=O)NCC(C)(F)F)c2[N+](=O)[O-])cc1. The van der Waals surface area contributed by atoms with Crippen molar-refractivity contribution in [3.63, 3.8) is 0 Å². The number of nitrogens with zero attached hydrogens (tertiary/aromatic N) is 2. The molecule has 0 aliphatic rings. The molecular weight excluding hydrogens is 412 g/mol. The maximum absolute atomic E-state index is 12.8. The fourth-order valence-electron chi connectivity index (χ4n) is 2.35. The minimum Gasteiger partial charge on any atom is -0.358 e. The Morgan fingerprint density at radius 3 is 2.45 bits per heavy atom. The van der Waals surface area contributed by atoms with E-state index >= 15 is 0 Å². The molecule has 0 aliphatic heterocycles. The lowest BCUT2D eigenvalue weighted by molar-refractivity contribution is -0.392. The molecule has 0 fully saturated rings. The van der Waals surface area contributed by atoms with Gasteiger partial charge in [-0.15, -0.1) is 0 Å². The lowest BCUT2D eigenvalue weighted by atomic mass is 10.2. The van der Waals surface area contributed by atoms with Gasteiger partial charge in [0.1, 0.15) is 0 Å². The zero-order valence-electron chi connectivity index (χ0n) is 15.6. The summed E-state index contributed by atoms with van der Waals surface area (Å²) in [7, 11) is -4.15. The van der Waals surface area contributed by atoms with Gasteiger partial charge in [-0.25, -0.2) is 13.3 Å². The summed E-state index contributed by atoms with van der Waals surface area (Å²) in [6, 6.07) is 7.07. The van der Waals surface area contributed by atoms with Gasteiger partial charge in [0, 0.05) is 6.92 Å². The van der Waals surface area contributed by atoms with Gasteiger partial charge in [-0.2, -0.15) is 8.42 Å². The lowest BCUT2D eigenvalue weighted by Crippen LogP contribution is -2.36. The summed E-state index contributed by atoms with van der Waals surface area (Å²) < 4.78 is 55.9. The van der Waals surface area contributed by atoms with Crippen molar-refractivity contribution >= 4 is 21.8 Å². The van der Waals surface area contributed by atoms with E-state index in [1.165, 1.54) is 24.4 Å². The highest BCUT2D eigenvalue weighted by molar-refractivity contribution is 7.86. The number of halogens is 2. The fraction of sp³-hybridized carbons (Fsp3) is 0.353. The standard InChI is InChI=1S/C17H19F2N3O6S/c1-12-3-5-14(6-4-12)29(26,27)28-10-13-7-8-21(16(13)22(24)25)9-15(23)20-11-17(2,18)19/h3-8H,9-11H2,1-2H3,(H,20,23). The molecule has 0 saturated carbocycles. The van der Waals surface area contributed by atoms with E-state index in [4.69, 9.17) is 4.18 Å². The summed E-state index contributed by atoms with van der Waals surface area (Å²) in [5, 5.41) is 13.3. The second-order valence-corrected chi connectivity index (χ2v) is 8.04. The van der Waals surface area contributed by atoms with Gasteiger partial charge < -0.3 is 15.4 Å². The van der Waals surface area contributed by atoms with E-state index in [2.05, 4.69) is 0 Å². The van der Waals surface area contributed by atoms with Crippen LogP contribution in [-0.4, -0.2) is 36.3 Å². The zero-order valence-corrected chi connectivity index (χ0v) is 16.4. The summed E-state index contributed by atoms with van der Waals surface area (Å²) in [6.45, 7) is 0.271. The van der Waals surface area contributed by atoms with E-state index in [1.807, 2.05) is 5.32 Å². The number of carbonyl (C=O) groups excluding carboxylic acids is 1.